The fourth-order valence-electron chi connectivity index (χ4n) is 5.28. The summed E-state index contributed by atoms with van der Waals surface area (Å²) in [4.78, 5) is 20.4. The van der Waals surface area contributed by atoms with Crippen molar-refractivity contribution < 1.29 is 89.9 Å². The standard InChI is InChI=1S/2C18H36O2.2Na.2H2O/c2*1-2-3-4-5-6-7-8-9-10-11-12-13-14-15-16-17-18(19)20;;;;/h2*2-17H2,1H3,(H,19,20);;;2*1H2/q;;2*+1;;/p-2. The fraction of sp³-hybridized carbons (Fsp3) is 0.944. The first kappa shape index (κ1) is 57.1. The van der Waals surface area contributed by atoms with Gasteiger partial charge in [-0.25, -0.2) is 0 Å². The molecule has 8 heteroatoms. The fourth-order valence-corrected chi connectivity index (χ4v) is 5.28. The molecule has 44 heavy (non-hydrogen) atoms. The third kappa shape index (κ3) is 61.8. The van der Waals surface area contributed by atoms with E-state index < -0.39 is 11.9 Å². The summed E-state index contributed by atoms with van der Waals surface area (Å²) in [5.41, 5.74) is 0. The van der Waals surface area contributed by atoms with Gasteiger partial charge in [-0.1, -0.05) is 194 Å². The summed E-state index contributed by atoms with van der Waals surface area (Å²) < 4.78 is 0. The molecular formula is C36H74Na2O6. The number of unbranched alkanes of at least 4 members (excludes halogenated alkanes) is 28. The molecule has 0 bridgehead atoms. The second kappa shape index (κ2) is 53.4. The molecule has 0 radical (unpaired) electrons. The van der Waals surface area contributed by atoms with Gasteiger partial charge in [-0.05, 0) is 25.7 Å². The van der Waals surface area contributed by atoms with E-state index in [9.17, 15) is 19.8 Å². The number of carbonyl (C=O) groups is 2. The number of rotatable bonds is 32. The minimum atomic E-state index is -0.903. The van der Waals surface area contributed by atoms with Gasteiger partial charge in [0.2, 0.25) is 0 Å². The van der Waals surface area contributed by atoms with E-state index in [1.165, 1.54) is 167 Å². The van der Waals surface area contributed by atoms with Gasteiger partial charge in [-0.3, -0.25) is 0 Å². The molecule has 0 aromatic rings. The molecular weight excluding hydrogens is 574 g/mol. The van der Waals surface area contributed by atoms with Crippen LogP contribution in [0.1, 0.15) is 219 Å². The van der Waals surface area contributed by atoms with Crippen LogP contribution in [-0.4, -0.2) is 22.9 Å². The van der Waals surface area contributed by atoms with E-state index >= 15 is 0 Å². The molecule has 0 amide bonds. The normalized spacial score (nSPS) is 9.86. The number of hydrogen-bond acceptors (Lipinski definition) is 4. The van der Waals surface area contributed by atoms with Gasteiger partial charge in [0.25, 0.3) is 0 Å². The largest absolute Gasteiger partial charge is 1.00 e. The van der Waals surface area contributed by atoms with Crippen molar-refractivity contribution in [2.45, 2.75) is 219 Å². The van der Waals surface area contributed by atoms with Crippen molar-refractivity contribution in [3.63, 3.8) is 0 Å². The third-order valence-corrected chi connectivity index (χ3v) is 7.97. The van der Waals surface area contributed by atoms with Gasteiger partial charge >= 0.3 is 59.1 Å². The van der Waals surface area contributed by atoms with Crippen LogP contribution in [0.3, 0.4) is 0 Å². The zero-order valence-corrected chi connectivity index (χ0v) is 34.3. The molecule has 0 saturated carbocycles. The summed E-state index contributed by atoms with van der Waals surface area (Å²) >= 11 is 0. The SMILES string of the molecule is CCCCCCCCCCCCCCCCCC(=O)[O-].CCCCCCCCCCCCCCCCCC(=O)[O-].O.O.[Na+].[Na+]. The van der Waals surface area contributed by atoms with Crippen LogP contribution >= 0.6 is 0 Å². The van der Waals surface area contributed by atoms with Crippen LogP contribution < -0.4 is 69.3 Å². The first-order valence-electron chi connectivity index (χ1n) is 17.9. The van der Waals surface area contributed by atoms with Crippen molar-refractivity contribution in [3.05, 3.63) is 0 Å². The Morgan fingerprint density at radius 1 is 0.318 bits per heavy atom. The molecule has 0 aromatic heterocycles. The number of carbonyl (C=O) groups excluding carboxylic acids is 2. The second-order valence-electron chi connectivity index (χ2n) is 12.1. The van der Waals surface area contributed by atoms with Crippen LogP contribution in [0.5, 0.6) is 0 Å². The molecule has 0 unspecified atom stereocenters. The summed E-state index contributed by atoms with van der Waals surface area (Å²) in [7, 11) is 0. The first-order chi connectivity index (χ1) is 19.5. The number of carboxylic acid groups (broad SMARTS) is 2. The quantitative estimate of drug-likeness (QED) is 0.0815. The molecule has 0 heterocycles. The minimum Gasteiger partial charge on any atom is -0.550 e. The number of carboxylic acids is 2. The Morgan fingerprint density at radius 2 is 0.455 bits per heavy atom. The Morgan fingerprint density at radius 3 is 0.591 bits per heavy atom. The maximum absolute atomic E-state index is 10.2. The summed E-state index contributed by atoms with van der Waals surface area (Å²) in [5.74, 6) is -1.81. The van der Waals surface area contributed by atoms with Crippen LogP contribution in [0, 0.1) is 0 Å². The van der Waals surface area contributed by atoms with Crippen molar-refractivity contribution in [1.29, 1.82) is 0 Å². The van der Waals surface area contributed by atoms with E-state index in [1.54, 1.807) is 0 Å². The van der Waals surface area contributed by atoms with Crippen molar-refractivity contribution >= 4 is 11.9 Å². The maximum Gasteiger partial charge on any atom is 1.00 e. The Balaban J connectivity index is -0.000000150. The summed E-state index contributed by atoms with van der Waals surface area (Å²) in [6.07, 6.45) is 39.7. The molecule has 0 aliphatic rings. The van der Waals surface area contributed by atoms with E-state index in [4.69, 9.17) is 0 Å². The van der Waals surface area contributed by atoms with Gasteiger partial charge in [-0.15, -0.1) is 0 Å². The average Bonchev–Trinajstić information content (AvgIpc) is 2.93. The Hall–Kier alpha value is 0.860. The predicted molar refractivity (Wildman–Crippen MR) is 176 cm³/mol. The Kier molecular flexibility index (Phi) is 69.3. The molecule has 0 rings (SSSR count). The summed E-state index contributed by atoms with van der Waals surface area (Å²) in [6.45, 7) is 4.53. The molecule has 0 aliphatic carbocycles. The van der Waals surface area contributed by atoms with Crippen molar-refractivity contribution in [2.75, 3.05) is 0 Å². The molecule has 0 aromatic carbocycles. The van der Waals surface area contributed by atoms with Gasteiger partial charge in [0.1, 0.15) is 0 Å². The van der Waals surface area contributed by atoms with E-state index in [1.807, 2.05) is 0 Å². The summed E-state index contributed by atoms with van der Waals surface area (Å²) in [5, 5.41) is 20.4. The molecule has 0 spiro atoms. The predicted octanol–water partition coefficient (Wildman–Crippen LogP) is 2.35. The van der Waals surface area contributed by atoms with Crippen LogP contribution in [0.2, 0.25) is 0 Å². The molecule has 4 N–H and O–H groups in total. The first-order valence-corrected chi connectivity index (χ1v) is 17.9. The van der Waals surface area contributed by atoms with Gasteiger partial charge in [0.15, 0.2) is 0 Å². The topological polar surface area (TPSA) is 143 Å². The van der Waals surface area contributed by atoms with Gasteiger partial charge in [0, 0.05) is 11.9 Å². The molecule has 0 aliphatic heterocycles. The maximum atomic E-state index is 10.2. The van der Waals surface area contributed by atoms with Gasteiger partial charge < -0.3 is 30.8 Å². The smallest absolute Gasteiger partial charge is 0.550 e. The minimum absolute atomic E-state index is 0. The number of aliphatic carboxylic acids is 2. The monoisotopic (exact) mass is 649 g/mol. The molecule has 0 atom stereocenters. The Labute approximate surface area is 318 Å². The van der Waals surface area contributed by atoms with E-state index in [-0.39, 0.29) is 82.9 Å². The van der Waals surface area contributed by atoms with Gasteiger partial charge in [-0.2, -0.15) is 0 Å². The molecule has 0 fully saturated rings. The van der Waals surface area contributed by atoms with Crippen LogP contribution in [0.4, 0.5) is 0 Å². The second-order valence-corrected chi connectivity index (χ2v) is 12.1. The van der Waals surface area contributed by atoms with Crippen LogP contribution in [0.25, 0.3) is 0 Å². The zero-order valence-electron chi connectivity index (χ0n) is 30.3. The summed E-state index contributed by atoms with van der Waals surface area (Å²) in [6, 6.07) is 0. The van der Waals surface area contributed by atoms with Crippen molar-refractivity contribution in [2.24, 2.45) is 0 Å². The Bertz CT molecular complexity index is 465. The van der Waals surface area contributed by atoms with Crippen LogP contribution in [-0.2, 0) is 9.59 Å². The van der Waals surface area contributed by atoms with Crippen LogP contribution in [0.15, 0.2) is 0 Å². The van der Waals surface area contributed by atoms with E-state index in [0.717, 1.165) is 25.7 Å². The van der Waals surface area contributed by atoms with E-state index in [0.29, 0.717) is 0 Å². The number of hydrogen-bond donors (Lipinski definition) is 0. The van der Waals surface area contributed by atoms with Gasteiger partial charge in [0.05, 0.1) is 0 Å². The van der Waals surface area contributed by atoms with Crippen molar-refractivity contribution in [3.8, 4) is 0 Å². The molecule has 256 valence electrons. The molecule has 6 nitrogen and oxygen atoms in total. The zero-order chi connectivity index (χ0) is 29.8. The average molecular weight is 649 g/mol. The van der Waals surface area contributed by atoms with E-state index in [2.05, 4.69) is 13.8 Å². The molecule has 0 saturated heterocycles. The van der Waals surface area contributed by atoms with Crippen molar-refractivity contribution in [1.82, 2.24) is 0 Å². The third-order valence-electron chi connectivity index (χ3n) is 7.97.